The van der Waals surface area contributed by atoms with Crippen LogP contribution in [0.25, 0.3) is 28.9 Å². The first-order valence-electron chi connectivity index (χ1n) is 8.44. The fourth-order valence-electron chi connectivity index (χ4n) is 2.75. The summed E-state index contributed by atoms with van der Waals surface area (Å²) in [5, 5.41) is 15.7. The number of fused-ring (bicyclic) bond motifs is 1. The highest BCUT2D eigenvalue weighted by atomic mass is 19.2. The molecule has 1 amide bonds. The first kappa shape index (κ1) is 18.2. The summed E-state index contributed by atoms with van der Waals surface area (Å²) in [6.45, 7) is 0. The van der Waals surface area contributed by atoms with E-state index in [1.807, 2.05) is 18.2 Å². The third-order valence-corrected chi connectivity index (χ3v) is 4.06. The fourth-order valence-corrected chi connectivity index (χ4v) is 2.75. The van der Waals surface area contributed by atoms with Crippen molar-refractivity contribution in [2.75, 3.05) is 5.32 Å². The SMILES string of the molecule is O=C(O)Nc1c(C=Cc2cnc3cc(F)c(F)cc3n2)cnn1-c1ccccc1. The number of carboxylic acid groups (broad SMARTS) is 1. The van der Waals surface area contributed by atoms with Gasteiger partial charge < -0.3 is 5.11 Å². The van der Waals surface area contributed by atoms with Crippen molar-refractivity contribution in [3.05, 3.63) is 77.8 Å². The predicted molar refractivity (Wildman–Crippen MR) is 104 cm³/mol. The van der Waals surface area contributed by atoms with E-state index in [2.05, 4.69) is 20.4 Å². The quantitative estimate of drug-likeness (QED) is 0.538. The van der Waals surface area contributed by atoms with E-state index in [1.165, 1.54) is 17.1 Å². The van der Waals surface area contributed by atoms with E-state index >= 15 is 0 Å². The average molecular weight is 393 g/mol. The van der Waals surface area contributed by atoms with Gasteiger partial charge in [0.1, 0.15) is 5.82 Å². The first-order chi connectivity index (χ1) is 14.0. The van der Waals surface area contributed by atoms with Gasteiger partial charge in [0.2, 0.25) is 0 Å². The molecule has 0 radical (unpaired) electrons. The number of hydrogen-bond donors (Lipinski definition) is 2. The second-order valence-corrected chi connectivity index (χ2v) is 6.01. The topological polar surface area (TPSA) is 92.9 Å². The van der Waals surface area contributed by atoms with Gasteiger partial charge in [-0.05, 0) is 24.3 Å². The van der Waals surface area contributed by atoms with Crippen LogP contribution in [0.3, 0.4) is 0 Å². The lowest BCUT2D eigenvalue weighted by Crippen LogP contribution is -2.12. The third-order valence-electron chi connectivity index (χ3n) is 4.06. The summed E-state index contributed by atoms with van der Waals surface area (Å²) in [5.74, 6) is -1.75. The van der Waals surface area contributed by atoms with Crippen molar-refractivity contribution in [3.8, 4) is 5.69 Å². The number of hydrogen-bond acceptors (Lipinski definition) is 4. The Morgan fingerprint density at radius 3 is 2.48 bits per heavy atom. The number of carbonyl (C=O) groups is 1. The van der Waals surface area contributed by atoms with Crippen LogP contribution < -0.4 is 5.32 Å². The van der Waals surface area contributed by atoms with Crippen molar-refractivity contribution in [1.82, 2.24) is 19.7 Å². The molecule has 0 bridgehead atoms. The molecule has 0 saturated heterocycles. The van der Waals surface area contributed by atoms with Crippen molar-refractivity contribution < 1.29 is 18.7 Å². The van der Waals surface area contributed by atoms with E-state index in [9.17, 15) is 13.6 Å². The van der Waals surface area contributed by atoms with Crippen LogP contribution in [-0.2, 0) is 0 Å². The fraction of sp³-hybridized carbons (Fsp3) is 0. The molecule has 0 unspecified atom stereocenters. The number of nitrogens with zero attached hydrogens (tertiary/aromatic N) is 4. The molecule has 2 aromatic carbocycles. The minimum absolute atomic E-state index is 0.204. The van der Waals surface area contributed by atoms with E-state index < -0.39 is 17.7 Å². The number of para-hydroxylation sites is 1. The highest BCUT2D eigenvalue weighted by Gasteiger charge is 2.13. The Hall–Kier alpha value is -4.14. The molecule has 2 aromatic heterocycles. The molecule has 0 saturated carbocycles. The van der Waals surface area contributed by atoms with Crippen molar-refractivity contribution in [2.45, 2.75) is 0 Å². The molecule has 0 atom stereocenters. The van der Waals surface area contributed by atoms with Gasteiger partial charge in [0, 0.05) is 17.7 Å². The van der Waals surface area contributed by atoms with Crippen LogP contribution in [0, 0.1) is 11.6 Å². The standard InChI is InChI=1S/C20H13F2N5O2/c21-15-8-17-18(9-16(15)22)25-13(11-23-17)7-6-12-10-24-27(19(12)26-20(28)29)14-4-2-1-3-5-14/h1-11,26H,(H,28,29). The zero-order chi connectivity index (χ0) is 20.4. The molecule has 0 spiro atoms. The summed E-state index contributed by atoms with van der Waals surface area (Å²) in [5.41, 5.74) is 1.99. The van der Waals surface area contributed by atoms with Gasteiger partial charge >= 0.3 is 6.09 Å². The van der Waals surface area contributed by atoms with Crippen LogP contribution in [0.5, 0.6) is 0 Å². The van der Waals surface area contributed by atoms with Crippen molar-refractivity contribution in [2.24, 2.45) is 0 Å². The Bertz CT molecular complexity index is 1240. The van der Waals surface area contributed by atoms with Crippen LogP contribution in [-0.4, -0.2) is 30.9 Å². The number of amides is 1. The first-order valence-corrected chi connectivity index (χ1v) is 8.44. The normalized spacial score (nSPS) is 11.2. The van der Waals surface area contributed by atoms with Gasteiger partial charge in [-0.1, -0.05) is 18.2 Å². The molecule has 2 N–H and O–H groups in total. The Morgan fingerprint density at radius 2 is 1.76 bits per heavy atom. The Labute approximate surface area is 163 Å². The molecule has 0 aliphatic heterocycles. The monoisotopic (exact) mass is 393 g/mol. The van der Waals surface area contributed by atoms with Crippen LogP contribution in [0.4, 0.5) is 19.4 Å². The van der Waals surface area contributed by atoms with E-state index in [1.54, 1.807) is 24.3 Å². The summed E-state index contributed by atoms with van der Waals surface area (Å²) in [7, 11) is 0. The second-order valence-electron chi connectivity index (χ2n) is 6.01. The van der Waals surface area contributed by atoms with Crippen LogP contribution in [0.15, 0.2) is 54.9 Å². The largest absolute Gasteiger partial charge is 0.465 e. The van der Waals surface area contributed by atoms with Gasteiger partial charge in [0.15, 0.2) is 11.6 Å². The van der Waals surface area contributed by atoms with E-state index in [0.29, 0.717) is 16.9 Å². The Morgan fingerprint density at radius 1 is 1.03 bits per heavy atom. The molecule has 4 rings (SSSR count). The lowest BCUT2D eigenvalue weighted by molar-refractivity contribution is 0.209. The zero-order valence-electron chi connectivity index (χ0n) is 14.8. The lowest BCUT2D eigenvalue weighted by Gasteiger charge is -2.07. The maximum atomic E-state index is 13.4. The van der Waals surface area contributed by atoms with E-state index in [-0.39, 0.29) is 16.9 Å². The highest BCUT2D eigenvalue weighted by molar-refractivity contribution is 5.87. The lowest BCUT2D eigenvalue weighted by atomic mass is 10.2. The average Bonchev–Trinajstić information content (AvgIpc) is 3.10. The number of anilines is 1. The van der Waals surface area contributed by atoms with Gasteiger partial charge in [-0.2, -0.15) is 5.10 Å². The minimum Gasteiger partial charge on any atom is -0.465 e. The van der Waals surface area contributed by atoms with Gasteiger partial charge in [-0.15, -0.1) is 0 Å². The summed E-state index contributed by atoms with van der Waals surface area (Å²) in [6, 6.07) is 11.0. The number of aromatic nitrogens is 4. The molecular formula is C20H13F2N5O2. The van der Waals surface area contributed by atoms with E-state index in [4.69, 9.17) is 5.11 Å². The van der Waals surface area contributed by atoms with E-state index in [0.717, 1.165) is 12.1 Å². The zero-order valence-corrected chi connectivity index (χ0v) is 14.8. The summed E-state index contributed by atoms with van der Waals surface area (Å²) in [6.07, 6.45) is 4.85. The predicted octanol–water partition coefficient (Wildman–Crippen LogP) is 4.35. The molecule has 0 fully saturated rings. The van der Waals surface area contributed by atoms with Crippen molar-refractivity contribution in [3.63, 3.8) is 0 Å². The molecule has 0 aliphatic carbocycles. The summed E-state index contributed by atoms with van der Waals surface area (Å²) in [4.78, 5) is 19.5. The highest BCUT2D eigenvalue weighted by Crippen LogP contribution is 2.23. The molecule has 0 aliphatic rings. The Balaban J connectivity index is 1.71. The molecule has 144 valence electrons. The van der Waals surface area contributed by atoms with Gasteiger partial charge in [-0.25, -0.2) is 23.2 Å². The number of nitrogens with one attached hydrogen (secondary N) is 1. The van der Waals surface area contributed by atoms with Gasteiger partial charge in [0.25, 0.3) is 0 Å². The van der Waals surface area contributed by atoms with Gasteiger partial charge in [-0.3, -0.25) is 10.3 Å². The maximum Gasteiger partial charge on any atom is 0.410 e. The van der Waals surface area contributed by atoms with Crippen LogP contribution in [0.1, 0.15) is 11.3 Å². The third kappa shape index (κ3) is 3.79. The number of rotatable bonds is 4. The van der Waals surface area contributed by atoms with Crippen LogP contribution >= 0.6 is 0 Å². The smallest absolute Gasteiger partial charge is 0.410 e. The minimum atomic E-state index is -1.24. The Kier molecular flexibility index (Phi) is 4.70. The van der Waals surface area contributed by atoms with Crippen LogP contribution in [0.2, 0.25) is 0 Å². The molecule has 9 heteroatoms. The summed E-state index contributed by atoms with van der Waals surface area (Å²) < 4.78 is 28.2. The molecule has 29 heavy (non-hydrogen) atoms. The molecular weight excluding hydrogens is 380 g/mol. The number of halogens is 2. The number of benzene rings is 2. The van der Waals surface area contributed by atoms with Crippen molar-refractivity contribution >= 4 is 35.1 Å². The molecule has 4 aromatic rings. The molecule has 2 heterocycles. The van der Waals surface area contributed by atoms with Gasteiger partial charge in [0.05, 0.1) is 34.8 Å². The maximum absolute atomic E-state index is 13.4. The summed E-state index contributed by atoms with van der Waals surface area (Å²) >= 11 is 0. The van der Waals surface area contributed by atoms with Crippen molar-refractivity contribution in [1.29, 1.82) is 0 Å². The second kappa shape index (κ2) is 7.47. The molecule has 7 nitrogen and oxygen atoms in total.